The SMILES string of the molecule is Cc1cccc(OCCCNC(=O)CCCc2nc(-c3ccc(Cl)cc3)no2)c1. The van der Waals surface area contributed by atoms with Gasteiger partial charge in [0.2, 0.25) is 17.6 Å². The number of halogens is 1. The molecule has 29 heavy (non-hydrogen) atoms. The zero-order valence-corrected chi connectivity index (χ0v) is 17.1. The number of amides is 1. The molecule has 1 N–H and O–H groups in total. The van der Waals surface area contributed by atoms with E-state index in [-0.39, 0.29) is 5.91 Å². The highest BCUT2D eigenvalue weighted by Crippen LogP contribution is 2.19. The number of hydrogen-bond acceptors (Lipinski definition) is 5. The van der Waals surface area contributed by atoms with Gasteiger partial charge in [0.15, 0.2) is 0 Å². The number of aromatic nitrogens is 2. The van der Waals surface area contributed by atoms with Crippen molar-refractivity contribution in [3.63, 3.8) is 0 Å². The van der Waals surface area contributed by atoms with E-state index < -0.39 is 0 Å². The molecule has 2 aromatic carbocycles. The van der Waals surface area contributed by atoms with Crippen LogP contribution in [0.3, 0.4) is 0 Å². The molecule has 0 unspecified atom stereocenters. The number of rotatable bonds is 10. The van der Waals surface area contributed by atoms with Gasteiger partial charge in [0, 0.05) is 30.0 Å². The second-order valence-electron chi connectivity index (χ2n) is 6.74. The van der Waals surface area contributed by atoms with Crippen LogP contribution in [0.25, 0.3) is 11.4 Å². The third-order valence-corrected chi connectivity index (χ3v) is 4.52. The quantitative estimate of drug-likeness (QED) is 0.491. The van der Waals surface area contributed by atoms with Gasteiger partial charge >= 0.3 is 0 Å². The Balaban J connectivity index is 1.29. The number of benzene rings is 2. The molecule has 0 bridgehead atoms. The molecule has 1 amide bonds. The van der Waals surface area contributed by atoms with Crippen LogP contribution in [-0.2, 0) is 11.2 Å². The van der Waals surface area contributed by atoms with Gasteiger partial charge in [-0.25, -0.2) is 0 Å². The first kappa shape index (κ1) is 20.9. The molecule has 3 rings (SSSR count). The molecule has 0 aliphatic rings. The second kappa shape index (κ2) is 10.6. The van der Waals surface area contributed by atoms with Crippen LogP contribution in [-0.4, -0.2) is 29.2 Å². The Hall–Kier alpha value is -2.86. The van der Waals surface area contributed by atoms with E-state index in [4.69, 9.17) is 20.9 Å². The molecular formula is C22H24ClN3O3. The van der Waals surface area contributed by atoms with Gasteiger partial charge in [-0.2, -0.15) is 4.98 Å². The third-order valence-electron chi connectivity index (χ3n) is 4.27. The lowest BCUT2D eigenvalue weighted by Crippen LogP contribution is -2.25. The van der Waals surface area contributed by atoms with E-state index in [2.05, 4.69) is 15.5 Å². The maximum Gasteiger partial charge on any atom is 0.226 e. The normalized spacial score (nSPS) is 10.7. The molecule has 0 saturated carbocycles. The molecule has 1 aromatic heterocycles. The predicted molar refractivity (Wildman–Crippen MR) is 112 cm³/mol. The van der Waals surface area contributed by atoms with Gasteiger partial charge in [-0.05, 0) is 61.7 Å². The average Bonchev–Trinajstić information content (AvgIpc) is 3.17. The number of aryl methyl sites for hydroxylation is 2. The van der Waals surface area contributed by atoms with Crippen LogP contribution >= 0.6 is 11.6 Å². The van der Waals surface area contributed by atoms with Crippen LogP contribution in [0.5, 0.6) is 5.75 Å². The summed E-state index contributed by atoms with van der Waals surface area (Å²) in [6.45, 7) is 3.19. The highest BCUT2D eigenvalue weighted by atomic mass is 35.5. The number of nitrogens with zero attached hydrogens (tertiary/aromatic N) is 2. The summed E-state index contributed by atoms with van der Waals surface area (Å²) < 4.78 is 10.9. The molecule has 0 radical (unpaired) electrons. The monoisotopic (exact) mass is 413 g/mol. The van der Waals surface area contributed by atoms with Crippen LogP contribution in [0.2, 0.25) is 5.02 Å². The fourth-order valence-corrected chi connectivity index (χ4v) is 2.88. The molecule has 0 aliphatic carbocycles. The van der Waals surface area contributed by atoms with Crippen LogP contribution in [0.4, 0.5) is 0 Å². The third kappa shape index (κ3) is 6.91. The summed E-state index contributed by atoms with van der Waals surface area (Å²) in [7, 11) is 0. The summed E-state index contributed by atoms with van der Waals surface area (Å²) >= 11 is 5.88. The minimum Gasteiger partial charge on any atom is -0.494 e. The summed E-state index contributed by atoms with van der Waals surface area (Å²) in [5.74, 6) is 1.91. The van der Waals surface area contributed by atoms with Crippen LogP contribution in [0, 0.1) is 6.92 Å². The van der Waals surface area contributed by atoms with Crippen molar-refractivity contribution < 1.29 is 14.1 Å². The van der Waals surface area contributed by atoms with Gasteiger partial charge in [0.1, 0.15) is 5.75 Å². The number of hydrogen-bond donors (Lipinski definition) is 1. The van der Waals surface area contributed by atoms with E-state index in [1.54, 1.807) is 12.1 Å². The van der Waals surface area contributed by atoms with E-state index in [9.17, 15) is 4.79 Å². The smallest absolute Gasteiger partial charge is 0.226 e. The number of carbonyl (C=O) groups is 1. The number of carbonyl (C=O) groups excluding carboxylic acids is 1. The molecule has 0 saturated heterocycles. The minimum absolute atomic E-state index is 0.0120. The predicted octanol–water partition coefficient (Wildman–Crippen LogP) is 4.61. The Labute approximate surface area is 175 Å². The Morgan fingerprint density at radius 3 is 2.79 bits per heavy atom. The molecule has 0 aliphatic heterocycles. The molecule has 7 heteroatoms. The Bertz CT molecular complexity index is 925. The molecule has 3 aromatic rings. The average molecular weight is 414 g/mol. The maximum atomic E-state index is 11.9. The molecular weight excluding hydrogens is 390 g/mol. The van der Waals surface area contributed by atoms with Crippen molar-refractivity contribution in [1.82, 2.24) is 15.5 Å². The lowest BCUT2D eigenvalue weighted by molar-refractivity contribution is -0.121. The minimum atomic E-state index is 0.0120. The zero-order chi connectivity index (χ0) is 20.5. The summed E-state index contributed by atoms with van der Waals surface area (Å²) in [5, 5.41) is 7.53. The van der Waals surface area contributed by atoms with Gasteiger partial charge in [0.05, 0.1) is 6.61 Å². The summed E-state index contributed by atoms with van der Waals surface area (Å²) in [6, 6.07) is 15.2. The first-order valence-corrected chi connectivity index (χ1v) is 10.0. The van der Waals surface area contributed by atoms with Crippen molar-refractivity contribution in [3.05, 3.63) is 65.0 Å². The fraction of sp³-hybridized carbons (Fsp3) is 0.318. The van der Waals surface area contributed by atoms with Crippen LogP contribution in [0.1, 0.15) is 30.7 Å². The van der Waals surface area contributed by atoms with E-state index in [1.165, 1.54) is 0 Å². The van der Waals surface area contributed by atoms with Crippen LogP contribution in [0.15, 0.2) is 53.1 Å². The van der Waals surface area contributed by atoms with Gasteiger partial charge in [-0.3, -0.25) is 4.79 Å². The van der Waals surface area contributed by atoms with Crippen molar-refractivity contribution in [2.75, 3.05) is 13.2 Å². The van der Waals surface area contributed by atoms with Gasteiger partial charge < -0.3 is 14.6 Å². The van der Waals surface area contributed by atoms with E-state index in [0.29, 0.717) is 49.2 Å². The molecule has 1 heterocycles. The van der Waals surface area contributed by atoms with E-state index >= 15 is 0 Å². The summed E-state index contributed by atoms with van der Waals surface area (Å²) in [4.78, 5) is 16.3. The van der Waals surface area contributed by atoms with E-state index in [0.717, 1.165) is 23.3 Å². The van der Waals surface area contributed by atoms with Crippen molar-refractivity contribution in [2.45, 2.75) is 32.6 Å². The molecule has 0 spiro atoms. The molecule has 0 atom stereocenters. The highest BCUT2D eigenvalue weighted by molar-refractivity contribution is 6.30. The van der Waals surface area contributed by atoms with Gasteiger partial charge in [-0.15, -0.1) is 0 Å². The van der Waals surface area contributed by atoms with Crippen LogP contribution < -0.4 is 10.1 Å². The molecule has 0 fully saturated rings. The Morgan fingerprint density at radius 2 is 2.00 bits per heavy atom. The standard InChI is InChI=1S/C22H24ClN3O3/c1-16-5-2-6-19(15-16)28-14-4-13-24-20(27)7-3-8-21-25-22(26-29-21)17-9-11-18(23)12-10-17/h2,5-6,9-12,15H,3-4,7-8,13-14H2,1H3,(H,24,27). The summed E-state index contributed by atoms with van der Waals surface area (Å²) in [5.41, 5.74) is 2.01. The fourth-order valence-electron chi connectivity index (χ4n) is 2.76. The van der Waals surface area contributed by atoms with Crippen molar-refractivity contribution in [2.24, 2.45) is 0 Å². The lowest BCUT2D eigenvalue weighted by Gasteiger charge is -2.07. The Morgan fingerprint density at radius 1 is 1.17 bits per heavy atom. The van der Waals surface area contributed by atoms with E-state index in [1.807, 2.05) is 43.3 Å². The molecule has 6 nitrogen and oxygen atoms in total. The maximum absolute atomic E-state index is 11.9. The topological polar surface area (TPSA) is 77.2 Å². The zero-order valence-electron chi connectivity index (χ0n) is 16.4. The second-order valence-corrected chi connectivity index (χ2v) is 7.18. The number of nitrogens with one attached hydrogen (secondary N) is 1. The first-order chi connectivity index (χ1) is 14.1. The molecule has 152 valence electrons. The van der Waals surface area contributed by atoms with Crippen molar-refractivity contribution in [1.29, 1.82) is 0 Å². The number of ether oxygens (including phenoxy) is 1. The van der Waals surface area contributed by atoms with Crippen molar-refractivity contribution >= 4 is 17.5 Å². The highest BCUT2D eigenvalue weighted by Gasteiger charge is 2.09. The largest absolute Gasteiger partial charge is 0.494 e. The first-order valence-electron chi connectivity index (χ1n) is 9.65. The Kier molecular flexibility index (Phi) is 7.64. The van der Waals surface area contributed by atoms with Crippen molar-refractivity contribution in [3.8, 4) is 17.1 Å². The van der Waals surface area contributed by atoms with Gasteiger partial charge in [-0.1, -0.05) is 28.9 Å². The lowest BCUT2D eigenvalue weighted by atomic mass is 10.2. The summed E-state index contributed by atoms with van der Waals surface area (Å²) in [6.07, 6.45) is 2.38. The van der Waals surface area contributed by atoms with Gasteiger partial charge in [0.25, 0.3) is 0 Å².